The summed E-state index contributed by atoms with van der Waals surface area (Å²) in [6.45, 7) is 9.72. The van der Waals surface area contributed by atoms with Crippen LogP contribution in [0, 0.1) is 11.3 Å². The number of hydrazine groups is 1. The number of hydrogen-bond donors (Lipinski definition) is 2. The van der Waals surface area contributed by atoms with Crippen LogP contribution >= 0.6 is 0 Å². The highest BCUT2D eigenvalue weighted by molar-refractivity contribution is 5.95. The van der Waals surface area contributed by atoms with Crippen molar-refractivity contribution in [2.75, 3.05) is 6.61 Å². The zero-order chi connectivity index (χ0) is 22.0. The number of hydrogen-bond acceptors (Lipinski definition) is 7. The van der Waals surface area contributed by atoms with Gasteiger partial charge in [0.25, 0.3) is 0 Å². The molecule has 0 saturated carbocycles. The van der Waals surface area contributed by atoms with E-state index in [1.165, 1.54) is 13.8 Å². The SMILES string of the molecule is CCOC(=O)C1=C(C)N(NC(=O)OC(C)(C)C)C(C)(O)C1(C#N)c1ccccc1. The third-order valence-electron chi connectivity index (χ3n) is 4.67. The monoisotopic (exact) mass is 401 g/mol. The van der Waals surface area contributed by atoms with E-state index in [4.69, 9.17) is 9.47 Å². The van der Waals surface area contributed by atoms with Crippen molar-refractivity contribution in [3.05, 3.63) is 47.2 Å². The van der Waals surface area contributed by atoms with Gasteiger partial charge in [0.1, 0.15) is 5.60 Å². The third-order valence-corrected chi connectivity index (χ3v) is 4.67. The molecular formula is C21H27N3O5. The molecular weight excluding hydrogens is 374 g/mol. The minimum Gasteiger partial charge on any atom is -0.463 e. The highest BCUT2D eigenvalue weighted by Gasteiger charge is 2.64. The Hall–Kier alpha value is -3.05. The van der Waals surface area contributed by atoms with Gasteiger partial charge in [0.05, 0.1) is 18.2 Å². The molecule has 0 aromatic heterocycles. The van der Waals surface area contributed by atoms with Crippen molar-refractivity contribution in [3.63, 3.8) is 0 Å². The fourth-order valence-corrected chi connectivity index (χ4v) is 3.54. The maximum atomic E-state index is 12.8. The Balaban J connectivity index is 2.66. The minimum absolute atomic E-state index is 0.0471. The van der Waals surface area contributed by atoms with Gasteiger partial charge in [0.15, 0.2) is 11.1 Å². The van der Waals surface area contributed by atoms with Gasteiger partial charge in [-0.25, -0.2) is 15.0 Å². The number of rotatable bonds is 4. The van der Waals surface area contributed by atoms with Crippen LogP contribution in [-0.2, 0) is 19.7 Å². The fourth-order valence-electron chi connectivity index (χ4n) is 3.54. The lowest BCUT2D eigenvalue weighted by molar-refractivity contribution is -0.141. The van der Waals surface area contributed by atoms with Gasteiger partial charge in [0, 0.05) is 5.70 Å². The van der Waals surface area contributed by atoms with Crippen LogP contribution in [0.4, 0.5) is 4.79 Å². The molecule has 2 N–H and O–H groups in total. The van der Waals surface area contributed by atoms with E-state index < -0.39 is 28.8 Å². The van der Waals surface area contributed by atoms with Crippen molar-refractivity contribution in [2.24, 2.45) is 0 Å². The van der Waals surface area contributed by atoms with Crippen LogP contribution in [0.15, 0.2) is 41.6 Å². The first-order chi connectivity index (χ1) is 13.4. The highest BCUT2D eigenvalue weighted by Crippen LogP contribution is 2.51. The second-order valence-corrected chi connectivity index (χ2v) is 7.88. The molecule has 1 aromatic rings. The van der Waals surface area contributed by atoms with Crippen LogP contribution < -0.4 is 5.43 Å². The Morgan fingerprint density at radius 2 is 1.86 bits per heavy atom. The standard InChI is InChI=1S/C21H27N3O5/c1-7-28-17(25)16-14(2)24(23-18(26)29-19(3,4)5)20(6,27)21(16,13-22)15-11-9-8-10-12-15/h8-12,27H,7H2,1-6H3,(H,23,26). The molecule has 1 amide bonds. The van der Waals surface area contributed by atoms with Crippen molar-refractivity contribution in [1.29, 1.82) is 5.26 Å². The third kappa shape index (κ3) is 3.78. The molecule has 1 aliphatic rings. The summed E-state index contributed by atoms with van der Waals surface area (Å²) < 4.78 is 10.4. The average Bonchev–Trinajstić information content (AvgIpc) is 2.78. The van der Waals surface area contributed by atoms with Crippen molar-refractivity contribution in [1.82, 2.24) is 10.4 Å². The average molecular weight is 401 g/mol. The summed E-state index contributed by atoms with van der Waals surface area (Å²) in [6, 6.07) is 10.6. The molecule has 2 rings (SSSR count). The van der Waals surface area contributed by atoms with E-state index in [9.17, 15) is 20.0 Å². The molecule has 0 saturated heterocycles. The van der Waals surface area contributed by atoms with Crippen LogP contribution in [0.2, 0.25) is 0 Å². The topological polar surface area (TPSA) is 112 Å². The second kappa shape index (κ2) is 7.76. The molecule has 0 bridgehead atoms. The molecule has 8 nitrogen and oxygen atoms in total. The van der Waals surface area contributed by atoms with Gasteiger partial charge in [-0.3, -0.25) is 5.01 Å². The number of nitriles is 1. The quantitative estimate of drug-likeness (QED) is 0.746. The van der Waals surface area contributed by atoms with Crippen LogP contribution in [0.25, 0.3) is 0 Å². The smallest absolute Gasteiger partial charge is 0.426 e. The van der Waals surface area contributed by atoms with Crippen LogP contribution in [0.1, 0.15) is 47.1 Å². The Morgan fingerprint density at radius 1 is 1.28 bits per heavy atom. The van der Waals surface area contributed by atoms with E-state index in [0.29, 0.717) is 5.56 Å². The fraction of sp³-hybridized carbons (Fsp3) is 0.476. The van der Waals surface area contributed by atoms with Crippen molar-refractivity contribution < 1.29 is 24.2 Å². The Kier molecular flexibility index (Phi) is 5.95. The van der Waals surface area contributed by atoms with Crippen molar-refractivity contribution >= 4 is 12.1 Å². The zero-order valence-electron chi connectivity index (χ0n) is 17.6. The van der Waals surface area contributed by atoms with Gasteiger partial charge in [-0.15, -0.1) is 0 Å². The Morgan fingerprint density at radius 3 is 2.34 bits per heavy atom. The summed E-state index contributed by atoms with van der Waals surface area (Å²) in [5, 5.41) is 22.8. The molecule has 2 unspecified atom stereocenters. The summed E-state index contributed by atoms with van der Waals surface area (Å²) in [4.78, 5) is 25.2. The van der Waals surface area contributed by atoms with E-state index in [-0.39, 0.29) is 17.9 Å². The van der Waals surface area contributed by atoms with Gasteiger partial charge < -0.3 is 14.6 Å². The molecule has 0 radical (unpaired) electrons. The summed E-state index contributed by atoms with van der Waals surface area (Å²) in [5.74, 6) is -0.746. The Labute approximate surface area is 170 Å². The first-order valence-corrected chi connectivity index (χ1v) is 9.30. The number of allylic oxidation sites excluding steroid dienone is 1. The molecule has 1 aliphatic heterocycles. The molecule has 1 aromatic carbocycles. The summed E-state index contributed by atoms with van der Waals surface area (Å²) in [6.07, 6.45) is -0.831. The number of carbonyl (C=O) groups excluding carboxylic acids is 2. The normalized spacial score (nSPS) is 24.1. The summed E-state index contributed by atoms with van der Waals surface area (Å²) in [5.41, 5.74) is -1.59. The number of esters is 1. The van der Waals surface area contributed by atoms with E-state index >= 15 is 0 Å². The molecule has 0 spiro atoms. The number of carbonyl (C=O) groups is 2. The number of nitrogens with one attached hydrogen (secondary N) is 1. The largest absolute Gasteiger partial charge is 0.463 e. The second-order valence-electron chi connectivity index (χ2n) is 7.88. The Bertz CT molecular complexity index is 865. The van der Waals surface area contributed by atoms with Gasteiger partial charge in [-0.05, 0) is 47.1 Å². The van der Waals surface area contributed by atoms with Crippen molar-refractivity contribution in [3.8, 4) is 6.07 Å². The van der Waals surface area contributed by atoms with E-state index in [1.807, 2.05) is 0 Å². The van der Waals surface area contributed by atoms with Gasteiger partial charge in [0.2, 0.25) is 0 Å². The lowest BCUT2D eigenvalue weighted by Gasteiger charge is -2.41. The molecule has 156 valence electrons. The number of nitrogens with zero attached hydrogens (tertiary/aromatic N) is 2. The van der Waals surface area contributed by atoms with Gasteiger partial charge >= 0.3 is 12.1 Å². The predicted molar refractivity (Wildman–Crippen MR) is 105 cm³/mol. The van der Waals surface area contributed by atoms with E-state index in [0.717, 1.165) is 5.01 Å². The maximum Gasteiger partial charge on any atom is 0.426 e. The molecule has 0 aliphatic carbocycles. The maximum absolute atomic E-state index is 12.8. The van der Waals surface area contributed by atoms with Gasteiger partial charge in [-0.2, -0.15) is 5.26 Å². The zero-order valence-corrected chi connectivity index (χ0v) is 17.6. The van der Waals surface area contributed by atoms with Crippen molar-refractivity contribution in [2.45, 2.75) is 58.3 Å². The van der Waals surface area contributed by atoms with Crippen LogP contribution in [0.5, 0.6) is 0 Å². The summed E-state index contributed by atoms with van der Waals surface area (Å²) in [7, 11) is 0. The lowest BCUT2D eigenvalue weighted by atomic mass is 9.69. The molecule has 2 atom stereocenters. The predicted octanol–water partition coefficient (Wildman–Crippen LogP) is 2.75. The lowest BCUT2D eigenvalue weighted by Crippen LogP contribution is -2.61. The molecule has 1 heterocycles. The molecule has 29 heavy (non-hydrogen) atoms. The molecule has 0 fully saturated rings. The first kappa shape index (κ1) is 22.2. The highest BCUT2D eigenvalue weighted by atomic mass is 16.6. The number of benzene rings is 1. The summed E-state index contributed by atoms with van der Waals surface area (Å²) >= 11 is 0. The first-order valence-electron chi connectivity index (χ1n) is 9.30. The molecule has 8 heteroatoms. The number of aliphatic hydroxyl groups is 1. The van der Waals surface area contributed by atoms with E-state index in [2.05, 4.69) is 11.5 Å². The minimum atomic E-state index is -2.01. The van der Waals surface area contributed by atoms with Crippen LogP contribution in [-0.4, -0.2) is 40.1 Å². The van der Waals surface area contributed by atoms with Gasteiger partial charge in [-0.1, -0.05) is 30.3 Å². The number of ether oxygens (including phenoxy) is 2. The van der Waals surface area contributed by atoms with E-state index in [1.54, 1.807) is 58.0 Å². The number of amides is 1. The van der Waals surface area contributed by atoms with Crippen LogP contribution in [0.3, 0.4) is 0 Å².